The van der Waals surface area contributed by atoms with E-state index < -0.39 is 0 Å². The van der Waals surface area contributed by atoms with Crippen LogP contribution in [0.3, 0.4) is 0 Å². The Morgan fingerprint density at radius 2 is 1.86 bits per heavy atom. The largest absolute Gasteiger partial charge is 0.348 e. The molecule has 4 rings (SSSR count). The van der Waals surface area contributed by atoms with Gasteiger partial charge in [0.2, 0.25) is 0 Å². The van der Waals surface area contributed by atoms with Crippen LogP contribution in [0.4, 0.5) is 0 Å². The average Bonchev–Trinajstić information content (AvgIpc) is 3.30. The number of aromatic nitrogens is 4. The molecule has 4 aromatic rings. The zero-order valence-corrected chi connectivity index (χ0v) is 22.0. The normalized spacial score (nSPS) is 12.3. The summed E-state index contributed by atoms with van der Waals surface area (Å²) in [6.45, 7) is 12.5. The first-order chi connectivity index (χ1) is 17.2. The van der Waals surface area contributed by atoms with Gasteiger partial charge in [-0.2, -0.15) is 5.10 Å². The quantitative estimate of drug-likeness (QED) is 0.336. The van der Waals surface area contributed by atoms with Crippen LogP contribution in [0.2, 0.25) is 0 Å². The highest BCUT2D eigenvalue weighted by Crippen LogP contribution is 2.30. The summed E-state index contributed by atoms with van der Waals surface area (Å²) in [4.78, 5) is 33.6. The van der Waals surface area contributed by atoms with Gasteiger partial charge in [0, 0.05) is 46.7 Å². The molecule has 0 aliphatic rings. The van der Waals surface area contributed by atoms with Crippen molar-refractivity contribution in [3.05, 3.63) is 81.2 Å². The maximum atomic E-state index is 13.5. The van der Waals surface area contributed by atoms with Gasteiger partial charge in [-0.15, -0.1) is 0 Å². The predicted octanol–water partition coefficient (Wildman–Crippen LogP) is 5.68. The number of nitrogens with one attached hydrogen (secondary N) is 2. The minimum Gasteiger partial charge on any atom is -0.348 e. The lowest BCUT2D eigenvalue weighted by Crippen LogP contribution is -2.28. The van der Waals surface area contributed by atoms with E-state index in [0.29, 0.717) is 17.0 Å². The predicted molar refractivity (Wildman–Crippen MR) is 144 cm³/mol. The van der Waals surface area contributed by atoms with Crippen LogP contribution in [0, 0.1) is 6.92 Å². The van der Waals surface area contributed by atoms with Gasteiger partial charge in [-0.3, -0.25) is 19.3 Å². The Balaban J connectivity index is 1.76. The maximum absolute atomic E-state index is 13.5. The van der Waals surface area contributed by atoms with Crippen molar-refractivity contribution in [1.29, 1.82) is 0 Å². The number of benzene rings is 1. The topological polar surface area (TPSA) is 92.7 Å². The summed E-state index contributed by atoms with van der Waals surface area (Å²) < 4.78 is 1.98. The molecular formula is C29H35N5O2. The molecule has 1 atom stereocenters. The van der Waals surface area contributed by atoms with Crippen molar-refractivity contribution in [1.82, 2.24) is 25.1 Å². The Kier molecular flexibility index (Phi) is 7.38. The van der Waals surface area contributed by atoms with E-state index >= 15 is 0 Å². The van der Waals surface area contributed by atoms with Gasteiger partial charge in [-0.05, 0) is 68.0 Å². The fourth-order valence-electron chi connectivity index (χ4n) is 4.50. The summed E-state index contributed by atoms with van der Waals surface area (Å²) in [7, 11) is 0. The zero-order valence-electron chi connectivity index (χ0n) is 22.0. The first kappa shape index (κ1) is 25.4. The molecule has 1 aromatic carbocycles. The molecule has 2 N–H and O–H groups in total. The molecule has 3 heterocycles. The Hall–Kier alpha value is -3.74. The first-order valence-electron chi connectivity index (χ1n) is 12.7. The highest BCUT2D eigenvalue weighted by molar-refractivity contribution is 6.08. The van der Waals surface area contributed by atoms with Gasteiger partial charge < -0.3 is 10.3 Å². The van der Waals surface area contributed by atoms with Crippen LogP contribution in [0.15, 0.2) is 47.5 Å². The number of hydrogen-bond acceptors (Lipinski definition) is 4. The van der Waals surface area contributed by atoms with Gasteiger partial charge in [0.05, 0.1) is 17.3 Å². The van der Waals surface area contributed by atoms with Crippen molar-refractivity contribution in [2.24, 2.45) is 0 Å². The number of pyridine rings is 2. The third-order valence-electron chi connectivity index (χ3n) is 6.85. The number of aromatic amines is 1. The molecule has 1 unspecified atom stereocenters. The first-order valence-corrected chi connectivity index (χ1v) is 12.7. The fourth-order valence-corrected chi connectivity index (χ4v) is 4.50. The Bertz CT molecular complexity index is 1450. The minimum atomic E-state index is -0.237. The summed E-state index contributed by atoms with van der Waals surface area (Å²) in [6.07, 6.45) is 5.26. The number of H-pyrrole nitrogens is 1. The van der Waals surface area contributed by atoms with Crippen molar-refractivity contribution in [2.45, 2.75) is 72.9 Å². The van der Waals surface area contributed by atoms with Crippen molar-refractivity contribution in [3.8, 4) is 11.1 Å². The van der Waals surface area contributed by atoms with Gasteiger partial charge in [-0.25, -0.2) is 0 Å². The molecule has 0 bridgehead atoms. The molecule has 0 aliphatic heterocycles. The second-order valence-electron chi connectivity index (χ2n) is 9.75. The molecule has 0 spiro atoms. The zero-order chi connectivity index (χ0) is 26.0. The van der Waals surface area contributed by atoms with Crippen LogP contribution in [0.25, 0.3) is 22.0 Å². The van der Waals surface area contributed by atoms with E-state index in [1.165, 1.54) is 0 Å². The Morgan fingerprint density at radius 1 is 1.08 bits per heavy atom. The standard InChI is InChI=1S/C29H35N5O2/c1-7-19(6)34-27-13-22(21-9-10-26(17(3)4)30-14-21)12-23(25(27)16-32-34)28(35)31-15-24-20(8-2)11-18(5)33-29(24)36/h9-14,16-17,19H,7-8,15H2,1-6H3,(H,31,35)(H,33,36). The highest BCUT2D eigenvalue weighted by Gasteiger charge is 2.19. The van der Waals surface area contributed by atoms with Crippen LogP contribution in [-0.2, 0) is 13.0 Å². The van der Waals surface area contributed by atoms with Crippen LogP contribution < -0.4 is 10.9 Å². The number of fused-ring (bicyclic) bond motifs is 1. The number of rotatable bonds is 8. The molecule has 7 nitrogen and oxygen atoms in total. The van der Waals surface area contributed by atoms with E-state index in [1.807, 2.05) is 42.9 Å². The molecule has 188 valence electrons. The lowest BCUT2D eigenvalue weighted by atomic mass is 9.99. The SMILES string of the molecule is CCc1cc(C)[nH]c(=O)c1CNC(=O)c1cc(-c2ccc(C(C)C)nc2)cc2c1cnn2C(C)CC. The summed E-state index contributed by atoms with van der Waals surface area (Å²) in [6, 6.07) is 10.2. The molecule has 0 radical (unpaired) electrons. The number of carbonyl (C=O) groups excluding carboxylic acids is 1. The summed E-state index contributed by atoms with van der Waals surface area (Å²) >= 11 is 0. The second kappa shape index (κ2) is 10.5. The van der Waals surface area contributed by atoms with Crippen molar-refractivity contribution in [2.75, 3.05) is 0 Å². The van der Waals surface area contributed by atoms with Crippen molar-refractivity contribution >= 4 is 16.8 Å². The third kappa shape index (κ3) is 4.96. The smallest absolute Gasteiger partial charge is 0.253 e. The van der Waals surface area contributed by atoms with E-state index in [4.69, 9.17) is 0 Å². The van der Waals surface area contributed by atoms with E-state index in [-0.39, 0.29) is 24.1 Å². The third-order valence-corrected chi connectivity index (χ3v) is 6.85. The molecule has 0 saturated heterocycles. The second-order valence-corrected chi connectivity index (χ2v) is 9.75. The van der Waals surface area contributed by atoms with Crippen LogP contribution in [-0.4, -0.2) is 25.7 Å². The molecule has 0 saturated carbocycles. The number of nitrogens with zero attached hydrogens (tertiary/aromatic N) is 3. The highest BCUT2D eigenvalue weighted by atomic mass is 16.1. The van der Waals surface area contributed by atoms with Gasteiger partial charge >= 0.3 is 0 Å². The molecule has 0 aliphatic carbocycles. The van der Waals surface area contributed by atoms with E-state index in [1.54, 1.807) is 6.20 Å². The van der Waals surface area contributed by atoms with Crippen molar-refractivity contribution < 1.29 is 4.79 Å². The van der Waals surface area contributed by atoms with Crippen LogP contribution >= 0.6 is 0 Å². The van der Waals surface area contributed by atoms with Gasteiger partial charge in [0.25, 0.3) is 11.5 Å². The van der Waals surface area contributed by atoms with Crippen LogP contribution in [0.1, 0.15) is 85.9 Å². The Morgan fingerprint density at radius 3 is 2.50 bits per heavy atom. The fraction of sp³-hybridized carbons (Fsp3) is 0.379. The average molecular weight is 486 g/mol. The van der Waals surface area contributed by atoms with Gasteiger partial charge in [0.1, 0.15) is 0 Å². The van der Waals surface area contributed by atoms with Gasteiger partial charge in [0.15, 0.2) is 0 Å². The molecule has 36 heavy (non-hydrogen) atoms. The lowest BCUT2D eigenvalue weighted by molar-refractivity contribution is 0.0952. The molecule has 7 heteroatoms. The van der Waals surface area contributed by atoms with Crippen LogP contribution in [0.5, 0.6) is 0 Å². The Labute approximate surface area is 212 Å². The number of carbonyl (C=O) groups is 1. The molecule has 3 aromatic heterocycles. The lowest BCUT2D eigenvalue weighted by Gasteiger charge is -2.14. The van der Waals surface area contributed by atoms with Gasteiger partial charge in [-0.1, -0.05) is 33.8 Å². The van der Waals surface area contributed by atoms with E-state index in [2.05, 4.69) is 60.2 Å². The number of amides is 1. The van der Waals surface area contributed by atoms with E-state index in [9.17, 15) is 9.59 Å². The summed E-state index contributed by atoms with van der Waals surface area (Å²) in [5.41, 5.74) is 6.50. The number of aryl methyl sites for hydroxylation is 2. The van der Waals surface area contributed by atoms with E-state index in [0.717, 1.165) is 51.8 Å². The summed E-state index contributed by atoms with van der Waals surface area (Å²) in [5, 5.41) is 8.39. The van der Waals surface area contributed by atoms with Crippen molar-refractivity contribution in [3.63, 3.8) is 0 Å². The maximum Gasteiger partial charge on any atom is 0.253 e. The molecule has 1 amide bonds. The monoisotopic (exact) mass is 485 g/mol. The molecule has 0 fully saturated rings. The summed E-state index contributed by atoms with van der Waals surface area (Å²) in [5.74, 6) is 0.104. The minimum absolute atomic E-state index is 0.160. The molecular weight excluding hydrogens is 450 g/mol. The number of hydrogen-bond donors (Lipinski definition) is 2.